The Morgan fingerprint density at radius 2 is 1.72 bits per heavy atom. The summed E-state index contributed by atoms with van der Waals surface area (Å²) < 4.78 is 4.87. The zero-order chi connectivity index (χ0) is 22.8. The van der Waals surface area contributed by atoms with Gasteiger partial charge in [0.05, 0.1) is 25.5 Å². The molecule has 1 aliphatic rings. The lowest BCUT2D eigenvalue weighted by Gasteiger charge is -2.37. The van der Waals surface area contributed by atoms with E-state index in [1.165, 1.54) is 11.1 Å². The van der Waals surface area contributed by atoms with Crippen molar-refractivity contribution in [2.24, 2.45) is 0 Å². The van der Waals surface area contributed by atoms with Crippen molar-refractivity contribution in [2.45, 2.75) is 31.7 Å². The molecule has 170 valence electrons. The number of amides is 2. The molecule has 1 saturated heterocycles. The number of esters is 1. The molecule has 0 spiro atoms. The highest BCUT2D eigenvalue weighted by Gasteiger charge is 2.33. The van der Waals surface area contributed by atoms with Crippen molar-refractivity contribution in [1.82, 2.24) is 15.5 Å². The Morgan fingerprint density at radius 1 is 1.09 bits per heavy atom. The highest BCUT2D eigenvalue weighted by molar-refractivity contribution is 5.89. The highest BCUT2D eigenvalue weighted by Crippen LogP contribution is 2.27. The first kappa shape index (κ1) is 23.5. The molecule has 0 bridgehead atoms. The van der Waals surface area contributed by atoms with Crippen molar-refractivity contribution in [3.8, 4) is 0 Å². The summed E-state index contributed by atoms with van der Waals surface area (Å²) in [6, 6.07) is 19.9. The summed E-state index contributed by atoms with van der Waals surface area (Å²) in [7, 11) is 0. The standard InChI is InChI=1S/C25H31N3O4/c1-2-32-24(30)13-14-26-23(29)17-22-25(31)27-15-16-28(22)18-21(19-9-5-3-6-10-19)20-11-7-4-8-12-20/h3-12,21-22H,2,13-18H2,1H3,(H,26,29)(H,27,31). The number of piperazine rings is 1. The molecular weight excluding hydrogens is 406 g/mol. The third-order valence-corrected chi connectivity index (χ3v) is 5.60. The van der Waals surface area contributed by atoms with Gasteiger partial charge < -0.3 is 15.4 Å². The molecule has 0 radical (unpaired) electrons. The molecule has 1 aliphatic heterocycles. The van der Waals surface area contributed by atoms with E-state index in [0.29, 0.717) is 26.2 Å². The van der Waals surface area contributed by atoms with Gasteiger partial charge in [-0.3, -0.25) is 19.3 Å². The largest absolute Gasteiger partial charge is 0.466 e. The molecule has 0 aliphatic carbocycles. The number of carbonyl (C=O) groups is 3. The van der Waals surface area contributed by atoms with E-state index in [0.717, 1.165) is 0 Å². The van der Waals surface area contributed by atoms with Gasteiger partial charge in [-0.1, -0.05) is 60.7 Å². The van der Waals surface area contributed by atoms with Gasteiger partial charge in [0, 0.05) is 32.1 Å². The van der Waals surface area contributed by atoms with Crippen LogP contribution >= 0.6 is 0 Å². The fourth-order valence-corrected chi connectivity index (χ4v) is 4.00. The van der Waals surface area contributed by atoms with Crippen LogP contribution < -0.4 is 10.6 Å². The molecule has 1 atom stereocenters. The number of nitrogens with zero attached hydrogens (tertiary/aromatic N) is 1. The Hall–Kier alpha value is -3.19. The minimum atomic E-state index is -0.554. The maximum absolute atomic E-state index is 12.7. The van der Waals surface area contributed by atoms with Crippen LogP contribution in [0.15, 0.2) is 60.7 Å². The zero-order valence-electron chi connectivity index (χ0n) is 18.5. The predicted octanol–water partition coefficient (Wildman–Crippen LogP) is 2.08. The van der Waals surface area contributed by atoms with E-state index in [9.17, 15) is 14.4 Å². The predicted molar refractivity (Wildman–Crippen MR) is 122 cm³/mol. The molecule has 1 heterocycles. The lowest BCUT2D eigenvalue weighted by atomic mass is 9.90. The zero-order valence-corrected chi connectivity index (χ0v) is 18.5. The molecule has 2 amide bonds. The lowest BCUT2D eigenvalue weighted by molar-refractivity contribution is -0.143. The molecule has 7 nitrogen and oxygen atoms in total. The summed E-state index contributed by atoms with van der Waals surface area (Å²) in [5.74, 6) is -0.662. The topological polar surface area (TPSA) is 87.7 Å². The minimum Gasteiger partial charge on any atom is -0.466 e. The van der Waals surface area contributed by atoms with E-state index in [1.807, 2.05) is 36.4 Å². The summed E-state index contributed by atoms with van der Waals surface area (Å²) in [5.41, 5.74) is 2.34. The molecule has 32 heavy (non-hydrogen) atoms. The normalized spacial score (nSPS) is 16.4. The molecule has 2 aromatic rings. The Balaban J connectivity index is 1.69. The van der Waals surface area contributed by atoms with Gasteiger partial charge in [0.1, 0.15) is 0 Å². The van der Waals surface area contributed by atoms with E-state index in [1.54, 1.807) is 6.92 Å². The third kappa shape index (κ3) is 6.65. The molecule has 1 fully saturated rings. The average molecular weight is 438 g/mol. The van der Waals surface area contributed by atoms with Crippen LogP contribution in [0.3, 0.4) is 0 Å². The van der Waals surface area contributed by atoms with Crippen molar-refractivity contribution in [3.05, 3.63) is 71.8 Å². The first-order valence-electron chi connectivity index (χ1n) is 11.1. The van der Waals surface area contributed by atoms with Gasteiger partial charge >= 0.3 is 5.97 Å². The summed E-state index contributed by atoms with van der Waals surface area (Å²) in [4.78, 5) is 38.7. The SMILES string of the molecule is CCOC(=O)CCNC(=O)CC1C(=O)NCCN1CC(c1ccccc1)c1ccccc1. The maximum atomic E-state index is 12.7. The second-order valence-electron chi connectivity index (χ2n) is 7.78. The van der Waals surface area contributed by atoms with Crippen LogP contribution in [0.4, 0.5) is 0 Å². The number of carbonyl (C=O) groups excluding carboxylic acids is 3. The van der Waals surface area contributed by atoms with Gasteiger partial charge in [-0.2, -0.15) is 0 Å². The quantitative estimate of drug-likeness (QED) is 0.556. The summed E-state index contributed by atoms with van der Waals surface area (Å²) in [6.45, 7) is 4.10. The molecule has 2 aromatic carbocycles. The minimum absolute atomic E-state index is 0.0466. The van der Waals surface area contributed by atoms with E-state index >= 15 is 0 Å². The van der Waals surface area contributed by atoms with Crippen LogP contribution in [0.2, 0.25) is 0 Å². The first-order valence-corrected chi connectivity index (χ1v) is 11.1. The molecule has 0 aromatic heterocycles. The molecule has 2 N–H and O–H groups in total. The molecule has 3 rings (SSSR count). The highest BCUT2D eigenvalue weighted by atomic mass is 16.5. The van der Waals surface area contributed by atoms with E-state index in [-0.39, 0.29) is 43.1 Å². The summed E-state index contributed by atoms with van der Waals surface area (Å²) >= 11 is 0. The Bertz CT molecular complexity index is 849. The fraction of sp³-hybridized carbons (Fsp3) is 0.400. The number of benzene rings is 2. The van der Waals surface area contributed by atoms with Gasteiger partial charge in [0.25, 0.3) is 0 Å². The van der Waals surface area contributed by atoms with E-state index in [2.05, 4.69) is 39.8 Å². The van der Waals surface area contributed by atoms with Crippen LogP contribution in [-0.2, 0) is 19.1 Å². The van der Waals surface area contributed by atoms with Gasteiger partial charge in [-0.15, -0.1) is 0 Å². The van der Waals surface area contributed by atoms with E-state index < -0.39 is 6.04 Å². The number of rotatable bonds is 10. The number of ether oxygens (including phenoxy) is 1. The number of nitrogens with one attached hydrogen (secondary N) is 2. The molecule has 7 heteroatoms. The van der Waals surface area contributed by atoms with Crippen LogP contribution in [0.25, 0.3) is 0 Å². The first-order chi connectivity index (χ1) is 15.6. The van der Waals surface area contributed by atoms with Crippen molar-refractivity contribution >= 4 is 17.8 Å². The summed E-state index contributed by atoms with van der Waals surface area (Å²) in [5, 5.41) is 5.61. The Morgan fingerprint density at radius 3 is 2.31 bits per heavy atom. The smallest absolute Gasteiger partial charge is 0.307 e. The Labute approximate surface area is 189 Å². The van der Waals surface area contributed by atoms with Crippen LogP contribution in [0, 0.1) is 0 Å². The van der Waals surface area contributed by atoms with Crippen molar-refractivity contribution in [2.75, 3.05) is 32.8 Å². The van der Waals surface area contributed by atoms with Crippen molar-refractivity contribution < 1.29 is 19.1 Å². The monoisotopic (exact) mass is 437 g/mol. The average Bonchev–Trinajstić information content (AvgIpc) is 2.81. The van der Waals surface area contributed by atoms with Gasteiger partial charge in [-0.05, 0) is 18.1 Å². The fourth-order valence-electron chi connectivity index (χ4n) is 4.00. The Kier molecular flexibility index (Phi) is 8.80. The van der Waals surface area contributed by atoms with Gasteiger partial charge in [-0.25, -0.2) is 0 Å². The number of hydrogen-bond donors (Lipinski definition) is 2. The maximum Gasteiger partial charge on any atom is 0.307 e. The van der Waals surface area contributed by atoms with E-state index in [4.69, 9.17) is 4.74 Å². The van der Waals surface area contributed by atoms with Crippen LogP contribution in [0.5, 0.6) is 0 Å². The second-order valence-corrected chi connectivity index (χ2v) is 7.78. The van der Waals surface area contributed by atoms with Crippen LogP contribution in [-0.4, -0.2) is 61.5 Å². The molecular formula is C25H31N3O4. The van der Waals surface area contributed by atoms with Crippen LogP contribution in [0.1, 0.15) is 36.8 Å². The van der Waals surface area contributed by atoms with Gasteiger partial charge in [0.2, 0.25) is 11.8 Å². The summed E-state index contributed by atoms with van der Waals surface area (Å²) in [6.07, 6.45) is 0.162. The second kappa shape index (κ2) is 12.0. The third-order valence-electron chi connectivity index (χ3n) is 5.60. The van der Waals surface area contributed by atoms with Crippen molar-refractivity contribution in [3.63, 3.8) is 0 Å². The molecule has 1 unspecified atom stereocenters. The van der Waals surface area contributed by atoms with Crippen molar-refractivity contribution in [1.29, 1.82) is 0 Å². The lowest BCUT2D eigenvalue weighted by Crippen LogP contribution is -2.57. The number of hydrogen-bond acceptors (Lipinski definition) is 5. The van der Waals surface area contributed by atoms with Gasteiger partial charge in [0.15, 0.2) is 0 Å². The molecule has 0 saturated carbocycles.